The number of carbonyl (C=O) groups excluding carboxylic acids is 1. The molecule has 0 bridgehead atoms. The lowest BCUT2D eigenvalue weighted by Crippen LogP contribution is -2.32. The Bertz CT molecular complexity index is 1190. The minimum absolute atomic E-state index is 0.0384. The highest BCUT2D eigenvalue weighted by molar-refractivity contribution is 6.03. The summed E-state index contributed by atoms with van der Waals surface area (Å²) in [6.45, 7) is 4.85. The Morgan fingerprint density at radius 1 is 1.31 bits per heavy atom. The molecular formula is C24H27N5O3. The van der Waals surface area contributed by atoms with Crippen LogP contribution in [0.3, 0.4) is 0 Å². The maximum Gasteiger partial charge on any atom is 0.227 e. The highest BCUT2D eigenvalue weighted by atomic mass is 16.5. The lowest BCUT2D eigenvalue weighted by Gasteiger charge is -2.30. The molecule has 1 unspecified atom stereocenters. The number of hydrogen-bond acceptors (Lipinski definition) is 6. The van der Waals surface area contributed by atoms with Crippen LogP contribution in [0.25, 0.3) is 21.9 Å². The van der Waals surface area contributed by atoms with Crippen molar-refractivity contribution >= 4 is 27.8 Å². The largest absolute Gasteiger partial charge is 0.381 e. The van der Waals surface area contributed by atoms with Crippen molar-refractivity contribution in [3.05, 3.63) is 35.8 Å². The summed E-state index contributed by atoms with van der Waals surface area (Å²) in [6.07, 6.45) is 4.79. The second-order valence-electron chi connectivity index (χ2n) is 8.80. The highest BCUT2D eigenvalue weighted by Crippen LogP contribution is 2.34. The van der Waals surface area contributed by atoms with Crippen molar-refractivity contribution in [2.45, 2.75) is 44.8 Å². The van der Waals surface area contributed by atoms with Gasteiger partial charge in [0.25, 0.3) is 0 Å². The van der Waals surface area contributed by atoms with E-state index in [1.54, 1.807) is 12.3 Å². The van der Waals surface area contributed by atoms with Gasteiger partial charge in [-0.15, -0.1) is 0 Å². The number of benzene rings is 1. The molecule has 1 aromatic carbocycles. The van der Waals surface area contributed by atoms with Gasteiger partial charge in [0.1, 0.15) is 11.3 Å². The van der Waals surface area contributed by atoms with Crippen LogP contribution in [-0.4, -0.2) is 52.9 Å². The molecule has 3 aromatic rings. The Balaban J connectivity index is 1.55. The predicted molar refractivity (Wildman–Crippen MR) is 119 cm³/mol. The molecule has 166 valence electrons. The van der Waals surface area contributed by atoms with E-state index in [0.29, 0.717) is 31.2 Å². The molecule has 32 heavy (non-hydrogen) atoms. The van der Waals surface area contributed by atoms with Gasteiger partial charge >= 0.3 is 0 Å². The van der Waals surface area contributed by atoms with Crippen molar-refractivity contribution in [3.8, 4) is 6.07 Å². The molecule has 2 aliphatic heterocycles. The summed E-state index contributed by atoms with van der Waals surface area (Å²) >= 11 is 0. The van der Waals surface area contributed by atoms with E-state index < -0.39 is 0 Å². The quantitative estimate of drug-likeness (QED) is 0.664. The molecule has 8 heteroatoms. The molecule has 2 aromatic heterocycles. The monoisotopic (exact) mass is 433 g/mol. The van der Waals surface area contributed by atoms with Gasteiger partial charge in [-0.1, -0.05) is 0 Å². The predicted octanol–water partition coefficient (Wildman–Crippen LogP) is 2.89. The fourth-order valence-electron chi connectivity index (χ4n) is 4.83. The molecule has 2 aliphatic rings. The number of fused-ring (bicyclic) bond motifs is 3. The van der Waals surface area contributed by atoms with Crippen LogP contribution in [0, 0.1) is 17.2 Å². The average molecular weight is 434 g/mol. The Morgan fingerprint density at radius 3 is 3.00 bits per heavy atom. The molecule has 0 radical (unpaired) electrons. The number of nitrogens with one attached hydrogen (secondary N) is 1. The number of imidazole rings is 1. The van der Waals surface area contributed by atoms with E-state index in [1.807, 2.05) is 12.1 Å². The van der Waals surface area contributed by atoms with E-state index in [2.05, 4.69) is 27.9 Å². The lowest BCUT2D eigenvalue weighted by molar-refractivity contribution is -0.120. The second-order valence-corrected chi connectivity index (χ2v) is 8.80. The van der Waals surface area contributed by atoms with Crippen molar-refractivity contribution in [1.82, 2.24) is 19.9 Å². The standard InChI is InChI=1S/C24H27N5O3/c1-15-8-18(5-7-32-15)29-22(10-23(30)27-12-17-4-6-31-14-17)28-21-13-26-20-3-2-16(11-25)9-19(20)24(21)29/h2-3,9,13,15,17-18H,4-8,10,12,14H2,1H3,(H,27,30)/t15-,17-,18?/m1/s1. The number of nitrogens with zero attached hydrogens (tertiary/aromatic N) is 4. The van der Waals surface area contributed by atoms with Gasteiger partial charge in [-0.25, -0.2) is 4.98 Å². The Labute approximate surface area is 186 Å². The van der Waals surface area contributed by atoms with Crippen LogP contribution in [0.2, 0.25) is 0 Å². The zero-order valence-corrected chi connectivity index (χ0v) is 18.2. The van der Waals surface area contributed by atoms with E-state index in [1.165, 1.54) is 0 Å². The van der Waals surface area contributed by atoms with Crippen molar-refractivity contribution in [2.24, 2.45) is 5.92 Å². The first-order valence-corrected chi connectivity index (χ1v) is 11.3. The third-order valence-electron chi connectivity index (χ3n) is 6.47. The van der Waals surface area contributed by atoms with Gasteiger partial charge in [0.15, 0.2) is 0 Å². The van der Waals surface area contributed by atoms with Gasteiger partial charge in [0, 0.05) is 37.1 Å². The molecule has 2 saturated heterocycles. The number of carbonyl (C=O) groups is 1. The number of nitriles is 1. The van der Waals surface area contributed by atoms with Crippen LogP contribution in [0.15, 0.2) is 24.4 Å². The van der Waals surface area contributed by atoms with Crippen molar-refractivity contribution in [1.29, 1.82) is 5.26 Å². The minimum Gasteiger partial charge on any atom is -0.381 e. The molecule has 5 rings (SSSR count). The van der Waals surface area contributed by atoms with E-state index in [-0.39, 0.29) is 24.5 Å². The smallest absolute Gasteiger partial charge is 0.227 e. The number of rotatable bonds is 5. The van der Waals surface area contributed by atoms with Crippen LogP contribution >= 0.6 is 0 Å². The maximum atomic E-state index is 12.8. The first-order chi connectivity index (χ1) is 15.6. The number of hydrogen-bond donors (Lipinski definition) is 1. The van der Waals surface area contributed by atoms with Crippen LogP contribution in [0.5, 0.6) is 0 Å². The van der Waals surface area contributed by atoms with Crippen molar-refractivity contribution in [2.75, 3.05) is 26.4 Å². The van der Waals surface area contributed by atoms with Crippen molar-refractivity contribution in [3.63, 3.8) is 0 Å². The van der Waals surface area contributed by atoms with E-state index in [9.17, 15) is 10.1 Å². The van der Waals surface area contributed by atoms with E-state index in [0.717, 1.165) is 53.6 Å². The second kappa shape index (κ2) is 8.85. The normalized spacial score (nSPS) is 23.4. The number of aromatic nitrogens is 3. The number of amides is 1. The van der Waals surface area contributed by atoms with E-state index in [4.69, 9.17) is 14.5 Å². The van der Waals surface area contributed by atoms with Gasteiger partial charge < -0.3 is 19.4 Å². The fourth-order valence-corrected chi connectivity index (χ4v) is 4.83. The summed E-state index contributed by atoms with van der Waals surface area (Å²) in [5.74, 6) is 1.08. The summed E-state index contributed by atoms with van der Waals surface area (Å²) in [5.41, 5.74) is 3.09. The Morgan fingerprint density at radius 2 is 2.22 bits per heavy atom. The van der Waals surface area contributed by atoms with Gasteiger partial charge in [-0.3, -0.25) is 9.78 Å². The van der Waals surface area contributed by atoms with Crippen molar-refractivity contribution < 1.29 is 14.3 Å². The molecule has 1 amide bonds. The molecule has 0 aliphatic carbocycles. The zero-order chi connectivity index (χ0) is 22.1. The fraction of sp³-hybridized carbons (Fsp3) is 0.500. The first kappa shape index (κ1) is 20.9. The average Bonchev–Trinajstić information content (AvgIpc) is 3.45. The third-order valence-corrected chi connectivity index (χ3v) is 6.47. The highest BCUT2D eigenvalue weighted by Gasteiger charge is 2.27. The molecule has 3 atom stereocenters. The van der Waals surface area contributed by atoms with Crippen LogP contribution in [0.4, 0.5) is 0 Å². The van der Waals surface area contributed by atoms with Gasteiger partial charge in [0.05, 0.1) is 48.0 Å². The first-order valence-electron chi connectivity index (χ1n) is 11.3. The summed E-state index contributed by atoms with van der Waals surface area (Å²) < 4.78 is 13.4. The SMILES string of the molecule is C[C@@H]1CC(n2c(CC(=O)NC[C@H]3CCOC3)nc3cnc4ccc(C#N)cc4c32)CCO1. The molecular weight excluding hydrogens is 406 g/mol. The maximum absolute atomic E-state index is 12.8. The topological polar surface area (TPSA) is 102 Å². The van der Waals surface area contributed by atoms with Crippen LogP contribution in [0.1, 0.15) is 43.6 Å². The molecule has 0 spiro atoms. The van der Waals surface area contributed by atoms with Crippen LogP contribution in [-0.2, 0) is 20.7 Å². The molecule has 8 nitrogen and oxygen atoms in total. The Kier molecular flexibility index (Phi) is 5.77. The summed E-state index contributed by atoms with van der Waals surface area (Å²) in [6, 6.07) is 7.91. The molecule has 4 heterocycles. The molecule has 1 N–H and O–H groups in total. The van der Waals surface area contributed by atoms with Gasteiger partial charge in [-0.2, -0.15) is 5.26 Å². The summed E-state index contributed by atoms with van der Waals surface area (Å²) in [4.78, 5) is 22.2. The third kappa shape index (κ3) is 4.06. The minimum atomic E-state index is -0.0384. The number of ether oxygens (including phenoxy) is 2. The van der Waals surface area contributed by atoms with Crippen LogP contribution < -0.4 is 5.32 Å². The molecule has 0 saturated carbocycles. The zero-order valence-electron chi connectivity index (χ0n) is 18.2. The summed E-state index contributed by atoms with van der Waals surface area (Å²) in [7, 11) is 0. The lowest BCUT2D eigenvalue weighted by atomic mass is 10.0. The number of pyridine rings is 1. The van der Waals surface area contributed by atoms with E-state index >= 15 is 0 Å². The molecule has 2 fully saturated rings. The Hall–Kier alpha value is -3.02. The van der Waals surface area contributed by atoms with Gasteiger partial charge in [-0.05, 0) is 44.4 Å². The van der Waals surface area contributed by atoms with Gasteiger partial charge in [0.2, 0.25) is 5.91 Å². The summed E-state index contributed by atoms with van der Waals surface area (Å²) in [5, 5.41) is 13.4.